The highest BCUT2D eigenvalue weighted by molar-refractivity contribution is 7.17. The molecule has 0 bridgehead atoms. The van der Waals surface area contributed by atoms with Gasteiger partial charge in [0.25, 0.3) is 0 Å². The first-order valence-electron chi connectivity index (χ1n) is 5.98. The van der Waals surface area contributed by atoms with Gasteiger partial charge in [-0.25, -0.2) is 9.97 Å². The van der Waals surface area contributed by atoms with Gasteiger partial charge in [0.15, 0.2) is 0 Å². The Morgan fingerprint density at radius 3 is 3.00 bits per heavy atom. The number of nitrogens with zero attached hydrogens (tertiary/aromatic N) is 3. The van der Waals surface area contributed by atoms with Crippen molar-refractivity contribution >= 4 is 33.1 Å². The van der Waals surface area contributed by atoms with Crippen molar-refractivity contribution in [2.75, 3.05) is 17.7 Å². The molecule has 0 aliphatic heterocycles. The van der Waals surface area contributed by atoms with Gasteiger partial charge in [0.05, 0.1) is 10.2 Å². The van der Waals surface area contributed by atoms with Crippen LogP contribution in [0, 0.1) is 0 Å². The van der Waals surface area contributed by atoms with Crippen LogP contribution in [-0.2, 0) is 6.54 Å². The SMILES string of the molecule is CN(Cc1cccc(N)c1)c1ncnc2ccsc12. The molecule has 0 amide bonds. The van der Waals surface area contributed by atoms with E-state index in [1.165, 1.54) is 5.56 Å². The predicted molar refractivity (Wildman–Crippen MR) is 80.4 cm³/mol. The number of fused-ring (bicyclic) bond motifs is 1. The number of benzene rings is 1. The molecule has 0 saturated heterocycles. The van der Waals surface area contributed by atoms with Gasteiger partial charge >= 0.3 is 0 Å². The molecule has 0 spiro atoms. The van der Waals surface area contributed by atoms with E-state index in [2.05, 4.69) is 20.9 Å². The number of hydrogen-bond acceptors (Lipinski definition) is 5. The third kappa shape index (κ3) is 2.37. The largest absolute Gasteiger partial charge is 0.399 e. The van der Waals surface area contributed by atoms with Crippen LogP contribution in [0.5, 0.6) is 0 Å². The van der Waals surface area contributed by atoms with Gasteiger partial charge in [-0.3, -0.25) is 0 Å². The molecule has 0 saturated carbocycles. The summed E-state index contributed by atoms with van der Waals surface area (Å²) in [7, 11) is 2.03. The fraction of sp³-hybridized carbons (Fsp3) is 0.143. The van der Waals surface area contributed by atoms with Gasteiger partial charge < -0.3 is 10.6 Å². The highest BCUT2D eigenvalue weighted by Gasteiger charge is 2.10. The maximum atomic E-state index is 5.80. The van der Waals surface area contributed by atoms with Crippen LogP contribution in [0.4, 0.5) is 11.5 Å². The number of aromatic nitrogens is 2. The summed E-state index contributed by atoms with van der Waals surface area (Å²) in [5, 5.41) is 2.04. The Balaban J connectivity index is 1.91. The maximum Gasteiger partial charge on any atom is 0.150 e. The molecular weight excluding hydrogens is 256 g/mol. The van der Waals surface area contributed by atoms with Crippen LogP contribution in [-0.4, -0.2) is 17.0 Å². The smallest absolute Gasteiger partial charge is 0.150 e. The number of thiophene rings is 1. The monoisotopic (exact) mass is 270 g/mol. The minimum Gasteiger partial charge on any atom is -0.399 e. The summed E-state index contributed by atoms with van der Waals surface area (Å²) in [5.41, 5.74) is 8.76. The lowest BCUT2D eigenvalue weighted by Crippen LogP contribution is -2.17. The van der Waals surface area contributed by atoms with Crippen molar-refractivity contribution in [1.82, 2.24) is 9.97 Å². The highest BCUT2D eigenvalue weighted by atomic mass is 32.1. The lowest BCUT2D eigenvalue weighted by Gasteiger charge is -2.18. The number of nitrogen functional groups attached to an aromatic ring is 1. The Kier molecular flexibility index (Phi) is 3.05. The molecule has 19 heavy (non-hydrogen) atoms. The summed E-state index contributed by atoms with van der Waals surface area (Å²) in [6, 6.07) is 9.94. The molecule has 3 rings (SSSR count). The number of hydrogen-bond donors (Lipinski definition) is 1. The van der Waals surface area contributed by atoms with Crippen molar-refractivity contribution < 1.29 is 0 Å². The third-order valence-electron chi connectivity index (χ3n) is 2.96. The van der Waals surface area contributed by atoms with E-state index in [4.69, 9.17) is 5.73 Å². The molecule has 4 nitrogen and oxygen atoms in total. The van der Waals surface area contributed by atoms with E-state index in [-0.39, 0.29) is 0 Å². The van der Waals surface area contributed by atoms with E-state index in [0.29, 0.717) is 0 Å². The lowest BCUT2D eigenvalue weighted by molar-refractivity contribution is 0.902. The molecule has 0 unspecified atom stereocenters. The molecule has 0 aliphatic rings. The molecule has 2 heterocycles. The molecule has 5 heteroatoms. The van der Waals surface area contributed by atoms with Crippen molar-refractivity contribution in [3.8, 4) is 0 Å². The molecule has 96 valence electrons. The Labute approximate surface area is 115 Å². The van der Waals surface area contributed by atoms with Gasteiger partial charge in [0, 0.05) is 19.3 Å². The zero-order chi connectivity index (χ0) is 13.2. The summed E-state index contributed by atoms with van der Waals surface area (Å²) >= 11 is 1.66. The molecule has 0 atom stereocenters. The third-order valence-corrected chi connectivity index (χ3v) is 3.86. The first-order chi connectivity index (χ1) is 9.24. The van der Waals surface area contributed by atoms with E-state index < -0.39 is 0 Å². The molecule has 0 fully saturated rings. The first-order valence-corrected chi connectivity index (χ1v) is 6.86. The van der Waals surface area contributed by atoms with E-state index in [1.807, 2.05) is 36.7 Å². The van der Waals surface area contributed by atoms with E-state index in [9.17, 15) is 0 Å². The molecular formula is C14H14N4S. The molecule has 2 aromatic heterocycles. The standard InChI is InChI=1S/C14H14N4S/c1-18(8-10-3-2-4-11(15)7-10)14-13-12(5-6-19-13)16-9-17-14/h2-7,9H,8,15H2,1H3. The Morgan fingerprint density at radius 1 is 1.26 bits per heavy atom. The molecule has 3 aromatic rings. The van der Waals surface area contributed by atoms with E-state index in [1.54, 1.807) is 17.7 Å². The van der Waals surface area contributed by atoms with Crippen molar-refractivity contribution in [2.24, 2.45) is 0 Å². The Morgan fingerprint density at radius 2 is 2.16 bits per heavy atom. The fourth-order valence-electron chi connectivity index (χ4n) is 2.09. The van der Waals surface area contributed by atoms with Gasteiger partial charge in [0.1, 0.15) is 12.1 Å². The first kappa shape index (κ1) is 11.9. The Bertz CT molecular complexity index is 707. The molecule has 0 aliphatic carbocycles. The Hall–Kier alpha value is -2.14. The molecule has 1 aromatic carbocycles. The minimum absolute atomic E-state index is 0.773. The van der Waals surface area contributed by atoms with Crippen LogP contribution in [0.15, 0.2) is 42.0 Å². The van der Waals surface area contributed by atoms with Crippen LogP contribution in [0.2, 0.25) is 0 Å². The van der Waals surface area contributed by atoms with Crippen LogP contribution in [0.25, 0.3) is 10.2 Å². The number of nitrogens with two attached hydrogens (primary N) is 1. The summed E-state index contributed by atoms with van der Waals surface area (Å²) in [4.78, 5) is 10.8. The zero-order valence-electron chi connectivity index (χ0n) is 10.6. The second-order valence-corrected chi connectivity index (χ2v) is 5.35. The number of rotatable bonds is 3. The molecule has 2 N–H and O–H groups in total. The van der Waals surface area contributed by atoms with E-state index in [0.717, 1.165) is 28.3 Å². The van der Waals surface area contributed by atoms with Crippen molar-refractivity contribution in [3.63, 3.8) is 0 Å². The van der Waals surface area contributed by atoms with Gasteiger partial charge in [-0.05, 0) is 29.1 Å². The summed E-state index contributed by atoms with van der Waals surface area (Å²) in [6.45, 7) is 0.773. The molecule has 0 radical (unpaired) electrons. The van der Waals surface area contributed by atoms with Gasteiger partial charge in [-0.2, -0.15) is 0 Å². The van der Waals surface area contributed by atoms with Gasteiger partial charge in [-0.15, -0.1) is 11.3 Å². The minimum atomic E-state index is 0.773. The van der Waals surface area contributed by atoms with Crippen molar-refractivity contribution in [1.29, 1.82) is 0 Å². The normalized spacial score (nSPS) is 10.8. The van der Waals surface area contributed by atoms with Crippen LogP contribution in [0.3, 0.4) is 0 Å². The van der Waals surface area contributed by atoms with Crippen LogP contribution < -0.4 is 10.6 Å². The average molecular weight is 270 g/mol. The second kappa shape index (κ2) is 4.85. The fourth-order valence-corrected chi connectivity index (χ4v) is 2.98. The van der Waals surface area contributed by atoms with Crippen LogP contribution in [0.1, 0.15) is 5.56 Å². The summed E-state index contributed by atoms with van der Waals surface area (Å²) < 4.78 is 1.12. The number of anilines is 2. The lowest BCUT2D eigenvalue weighted by atomic mass is 10.2. The van der Waals surface area contributed by atoms with Gasteiger partial charge in [-0.1, -0.05) is 12.1 Å². The van der Waals surface area contributed by atoms with Crippen molar-refractivity contribution in [2.45, 2.75) is 6.54 Å². The average Bonchev–Trinajstić information content (AvgIpc) is 2.86. The van der Waals surface area contributed by atoms with Crippen molar-refractivity contribution in [3.05, 3.63) is 47.6 Å². The van der Waals surface area contributed by atoms with E-state index >= 15 is 0 Å². The maximum absolute atomic E-state index is 5.80. The highest BCUT2D eigenvalue weighted by Crippen LogP contribution is 2.27. The zero-order valence-corrected chi connectivity index (χ0v) is 11.4. The second-order valence-electron chi connectivity index (χ2n) is 4.43. The quantitative estimate of drug-likeness (QED) is 0.743. The summed E-state index contributed by atoms with van der Waals surface area (Å²) in [5.74, 6) is 0.961. The topological polar surface area (TPSA) is 55.0 Å². The predicted octanol–water partition coefficient (Wildman–Crippen LogP) is 2.91. The van der Waals surface area contributed by atoms with Crippen LogP contribution >= 0.6 is 11.3 Å². The van der Waals surface area contributed by atoms with Gasteiger partial charge in [0.2, 0.25) is 0 Å². The summed E-state index contributed by atoms with van der Waals surface area (Å²) in [6.07, 6.45) is 1.61.